The van der Waals surface area contributed by atoms with Gasteiger partial charge in [0.25, 0.3) is 12.4 Å². The first-order chi connectivity index (χ1) is 13.0. The van der Waals surface area contributed by atoms with E-state index in [0.717, 1.165) is 72.6 Å². The van der Waals surface area contributed by atoms with Gasteiger partial charge in [-0.1, -0.05) is 12.1 Å². The molecule has 3 rings (SSSR count). The van der Waals surface area contributed by atoms with E-state index in [0.29, 0.717) is 0 Å². The summed E-state index contributed by atoms with van der Waals surface area (Å²) in [6, 6.07) is 2.03. The highest BCUT2D eigenvalue weighted by Gasteiger charge is 2.24. The Bertz CT molecular complexity index is 758. The topological polar surface area (TPSA) is 99.8 Å². The van der Waals surface area contributed by atoms with Crippen LogP contribution in [0.5, 0.6) is 0 Å². The largest absolute Gasteiger partial charge is 0.483 e. The molecule has 3 heterocycles. The number of nitrogens with zero attached hydrogens (tertiary/aromatic N) is 4. The summed E-state index contributed by atoms with van der Waals surface area (Å²) in [6.07, 6.45) is 1.86. The molecule has 0 unspecified atom stereocenters. The second-order valence-corrected chi connectivity index (χ2v) is 7.52. The van der Waals surface area contributed by atoms with Crippen molar-refractivity contribution in [3.8, 4) is 0 Å². The first-order valence-corrected chi connectivity index (χ1v) is 9.78. The average molecular weight is 394 g/mol. The highest BCUT2D eigenvalue weighted by Crippen LogP contribution is 2.20. The molecule has 1 aliphatic heterocycles. The second kappa shape index (κ2) is 10.2. The molecule has 8 nitrogen and oxygen atoms in total. The number of hydrogen-bond acceptors (Lipinski definition) is 7. The normalized spacial score (nSPS) is 15.0. The summed E-state index contributed by atoms with van der Waals surface area (Å²) in [4.78, 5) is 30.5. The van der Waals surface area contributed by atoms with Crippen LogP contribution < -0.4 is 0 Å². The highest BCUT2D eigenvalue weighted by atomic mass is 32.1. The standard InChI is InChI=1S/C17H24N4O2S.CH2O2/c1-4-14-10-15(23-19-14)11-20-6-5-7-21(9-8-20)17(22)16-12(2)18-13(3)24-16;2-1-3/h10H,4-9,11H2,1-3H3;1H,(H,2,3). The van der Waals surface area contributed by atoms with Crippen LogP contribution in [0.25, 0.3) is 0 Å². The van der Waals surface area contributed by atoms with Gasteiger partial charge in [-0.15, -0.1) is 11.3 Å². The molecule has 148 valence electrons. The lowest BCUT2D eigenvalue weighted by atomic mass is 10.3. The number of aryl methyl sites for hydroxylation is 3. The molecule has 0 radical (unpaired) electrons. The molecule has 0 bridgehead atoms. The van der Waals surface area contributed by atoms with Gasteiger partial charge < -0.3 is 14.5 Å². The quantitative estimate of drug-likeness (QED) is 0.795. The second-order valence-electron chi connectivity index (χ2n) is 6.31. The first-order valence-electron chi connectivity index (χ1n) is 8.96. The zero-order valence-electron chi connectivity index (χ0n) is 16.0. The molecule has 1 aliphatic rings. The Morgan fingerprint density at radius 3 is 2.67 bits per heavy atom. The number of hydrogen-bond donors (Lipinski definition) is 1. The number of carbonyl (C=O) groups excluding carboxylic acids is 1. The van der Waals surface area contributed by atoms with E-state index in [4.69, 9.17) is 14.4 Å². The zero-order chi connectivity index (χ0) is 19.8. The van der Waals surface area contributed by atoms with Gasteiger partial charge in [0, 0.05) is 32.2 Å². The van der Waals surface area contributed by atoms with Gasteiger partial charge in [0.1, 0.15) is 4.88 Å². The minimum atomic E-state index is -0.250. The SMILES string of the molecule is CCc1cc(CN2CCCN(C(=O)c3sc(C)nc3C)CC2)on1.O=CO. The molecule has 0 atom stereocenters. The number of rotatable bonds is 4. The van der Waals surface area contributed by atoms with Crippen LogP contribution in [0, 0.1) is 13.8 Å². The molecule has 27 heavy (non-hydrogen) atoms. The number of carbonyl (C=O) groups is 2. The van der Waals surface area contributed by atoms with E-state index in [1.54, 1.807) is 0 Å². The Balaban J connectivity index is 0.000000817. The number of thiazole rings is 1. The zero-order valence-corrected chi connectivity index (χ0v) is 16.8. The predicted octanol–water partition coefficient (Wildman–Crippen LogP) is 2.36. The van der Waals surface area contributed by atoms with E-state index in [1.807, 2.05) is 24.8 Å². The molecule has 1 saturated heterocycles. The fourth-order valence-corrected chi connectivity index (χ4v) is 3.91. The van der Waals surface area contributed by atoms with E-state index in [2.05, 4.69) is 22.0 Å². The van der Waals surface area contributed by atoms with Crippen molar-refractivity contribution >= 4 is 23.7 Å². The minimum Gasteiger partial charge on any atom is -0.483 e. The summed E-state index contributed by atoms with van der Waals surface area (Å²) in [5, 5.41) is 11.9. The van der Waals surface area contributed by atoms with Gasteiger partial charge >= 0.3 is 0 Å². The monoisotopic (exact) mass is 394 g/mol. The molecule has 0 aliphatic carbocycles. The third kappa shape index (κ3) is 5.86. The van der Waals surface area contributed by atoms with Crippen LogP contribution in [-0.2, 0) is 17.8 Å². The van der Waals surface area contributed by atoms with Gasteiger partial charge in [0.2, 0.25) is 0 Å². The smallest absolute Gasteiger partial charge is 0.290 e. The predicted molar refractivity (Wildman–Crippen MR) is 102 cm³/mol. The molecular weight excluding hydrogens is 368 g/mol. The molecule has 0 saturated carbocycles. The third-order valence-electron chi connectivity index (χ3n) is 4.32. The summed E-state index contributed by atoms with van der Waals surface area (Å²) >= 11 is 1.49. The van der Waals surface area contributed by atoms with E-state index >= 15 is 0 Å². The molecule has 2 aromatic heterocycles. The minimum absolute atomic E-state index is 0.118. The van der Waals surface area contributed by atoms with Crippen molar-refractivity contribution in [3.63, 3.8) is 0 Å². The van der Waals surface area contributed by atoms with Gasteiger partial charge in [-0.3, -0.25) is 14.5 Å². The molecule has 1 N–H and O–H groups in total. The van der Waals surface area contributed by atoms with Crippen LogP contribution in [0.4, 0.5) is 0 Å². The Kier molecular flexibility index (Phi) is 7.93. The summed E-state index contributed by atoms with van der Waals surface area (Å²) in [7, 11) is 0. The van der Waals surface area contributed by atoms with Crippen molar-refractivity contribution in [3.05, 3.63) is 33.1 Å². The van der Waals surface area contributed by atoms with Crippen molar-refractivity contribution in [2.24, 2.45) is 0 Å². The molecule has 1 amide bonds. The molecule has 0 aromatic carbocycles. The Morgan fingerprint density at radius 2 is 2.07 bits per heavy atom. The van der Waals surface area contributed by atoms with Gasteiger partial charge in [0.15, 0.2) is 5.76 Å². The fourth-order valence-electron chi connectivity index (χ4n) is 3.02. The summed E-state index contributed by atoms with van der Waals surface area (Å²) in [5.41, 5.74) is 1.84. The number of carboxylic acid groups (broad SMARTS) is 1. The van der Waals surface area contributed by atoms with E-state index in [9.17, 15) is 4.79 Å². The molecule has 2 aromatic rings. The number of aromatic nitrogens is 2. The van der Waals surface area contributed by atoms with Gasteiger partial charge in [-0.2, -0.15) is 0 Å². The highest BCUT2D eigenvalue weighted by molar-refractivity contribution is 7.13. The summed E-state index contributed by atoms with van der Waals surface area (Å²) in [5.74, 6) is 1.02. The Labute approximate surface area is 162 Å². The van der Waals surface area contributed by atoms with Crippen LogP contribution in [0.15, 0.2) is 10.6 Å². The van der Waals surface area contributed by atoms with Gasteiger partial charge in [0.05, 0.1) is 22.9 Å². The van der Waals surface area contributed by atoms with Crippen molar-refractivity contribution in [2.75, 3.05) is 26.2 Å². The lowest BCUT2D eigenvalue weighted by Gasteiger charge is -2.21. The van der Waals surface area contributed by atoms with Gasteiger partial charge in [-0.25, -0.2) is 4.98 Å². The maximum Gasteiger partial charge on any atom is 0.290 e. The van der Waals surface area contributed by atoms with Crippen LogP contribution in [0.2, 0.25) is 0 Å². The molecular formula is C18H26N4O4S. The lowest BCUT2D eigenvalue weighted by molar-refractivity contribution is -0.122. The van der Waals surface area contributed by atoms with Crippen molar-refractivity contribution in [1.29, 1.82) is 0 Å². The van der Waals surface area contributed by atoms with E-state index in [1.165, 1.54) is 11.3 Å². The summed E-state index contributed by atoms with van der Waals surface area (Å²) in [6.45, 7) is 9.79. The van der Waals surface area contributed by atoms with Crippen molar-refractivity contribution < 1.29 is 19.2 Å². The molecule has 0 spiro atoms. The van der Waals surface area contributed by atoms with Crippen LogP contribution in [0.3, 0.4) is 0 Å². The van der Waals surface area contributed by atoms with Crippen molar-refractivity contribution in [1.82, 2.24) is 19.9 Å². The fraction of sp³-hybridized carbons (Fsp3) is 0.556. The maximum absolute atomic E-state index is 12.7. The van der Waals surface area contributed by atoms with Crippen LogP contribution in [0.1, 0.15) is 45.2 Å². The van der Waals surface area contributed by atoms with E-state index in [-0.39, 0.29) is 12.4 Å². The lowest BCUT2D eigenvalue weighted by Crippen LogP contribution is -2.35. The number of amides is 1. The Hall–Kier alpha value is -2.26. The Morgan fingerprint density at radius 1 is 1.33 bits per heavy atom. The first kappa shape index (κ1) is 21.0. The third-order valence-corrected chi connectivity index (χ3v) is 5.38. The summed E-state index contributed by atoms with van der Waals surface area (Å²) < 4.78 is 5.38. The maximum atomic E-state index is 12.7. The van der Waals surface area contributed by atoms with Crippen LogP contribution >= 0.6 is 11.3 Å². The van der Waals surface area contributed by atoms with E-state index < -0.39 is 0 Å². The van der Waals surface area contributed by atoms with Gasteiger partial charge in [-0.05, 0) is 26.7 Å². The van der Waals surface area contributed by atoms with Crippen LogP contribution in [-0.4, -0.2) is 63.6 Å². The molecule has 1 fully saturated rings. The average Bonchev–Trinajstić information content (AvgIpc) is 3.14. The van der Waals surface area contributed by atoms with Crippen molar-refractivity contribution in [2.45, 2.75) is 40.2 Å². The molecule has 9 heteroatoms.